The molecule has 0 aliphatic carbocycles. The molecule has 0 aliphatic heterocycles. The second-order valence-corrected chi connectivity index (χ2v) is 3.09. The van der Waals surface area contributed by atoms with Crippen molar-refractivity contribution in [2.75, 3.05) is 13.1 Å². The van der Waals surface area contributed by atoms with E-state index in [1.54, 1.807) is 0 Å². The zero-order chi connectivity index (χ0) is 8.69. The molecule has 0 fully saturated rings. The molecule has 3 N–H and O–H groups in total. The van der Waals surface area contributed by atoms with Crippen molar-refractivity contribution < 1.29 is 4.79 Å². The van der Waals surface area contributed by atoms with Crippen LogP contribution in [0.2, 0.25) is 0 Å². The Labute approximate surface area is 68.3 Å². The van der Waals surface area contributed by atoms with Crippen molar-refractivity contribution in [1.29, 1.82) is 0 Å². The average molecular weight is 158 g/mol. The molecule has 0 aromatic carbocycles. The lowest BCUT2D eigenvalue weighted by molar-refractivity contribution is -0.121. The average Bonchev–Trinajstić information content (AvgIpc) is 1.97. The molecule has 0 aromatic rings. The van der Waals surface area contributed by atoms with Crippen LogP contribution in [0.3, 0.4) is 0 Å². The van der Waals surface area contributed by atoms with E-state index in [9.17, 15) is 4.79 Å². The number of rotatable bonds is 5. The van der Waals surface area contributed by atoms with Gasteiger partial charge in [-0.2, -0.15) is 0 Å². The second kappa shape index (κ2) is 6.16. The van der Waals surface area contributed by atoms with Gasteiger partial charge in [0.05, 0.1) is 0 Å². The van der Waals surface area contributed by atoms with Gasteiger partial charge in [-0.15, -0.1) is 0 Å². The minimum atomic E-state index is 0.115. The highest BCUT2D eigenvalue weighted by Crippen LogP contribution is 1.89. The molecule has 3 nitrogen and oxygen atoms in total. The zero-order valence-corrected chi connectivity index (χ0v) is 7.39. The molecule has 0 radical (unpaired) electrons. The smallest absolute Gasteiger partial charge is 0.220 e. The lowest BCUT2D eigenvalue weighted by atomic mass is 10.2. The Balaban J connectivity index is 3.23. The van der Waals surface area contributed by atoms with Gasteiger partial charge in [0.1, 0.15) is 0 Å². The molecule has 0 saturated carbocycles. The van der Waals surface area contributed by atoms with Crippen LogP contribution in [0.15, 0.2) is 0 Å². The topological polar surface area (TPSA) is 55.1 Å². The zero-order valence-electron chi connectivity index (χ0n) is 7.39. The van der Waals surface area contributed by atoms with Crippen LogP contribution in [0, 0.1) is 5.92 Å². The highest BCUT2D eigenvalue weighted by molar-refractivity contribution is 5.75. The Kier molecular flexibility index (Phi) is 5.84. The number of hydrogen-bond donors (Lipinski definition) is 2. The maximum Gasteiger partial charge on any atom is 0.220 e. The summed E-state index contributed by atoms with van der Waals surface area (Å²) >= 11 is 0. The summed E-state index contributed by atoms with van der Waals surface area (Å²) in [5.41, 5.74) is 5.25. The van der Waals surface area contributed by atoms with E-state index in [0.29, 0.717) is 18.9 Å². The van der Waals surface area contributed by atoms with E-state index in [0.717, 1.165) is 13.0 Å². The maximum absolute atomic E-state index is 10.9. The van der Waals surface area contributed by atoms with Crippen LogP contribution in [-0.2, 0) is 4.79 Å². The summed E-state index contributed by atoms with van der Waals surface area (Å²) in [4.78, 5) is 10.9. The third-order valence-electron chi connectivity index (χ3n) is 1.32. The molecule has 3 heteroatoms. The molecule has 0 aromatic heterocycles. The Morgan fingerprint density at radius 2 is 2.18 bits per heavy atom. The van der Waals surface area contributed by atoms with E-state index in [1.165, 1.54) is 0 Å². The molecule has 0 spiro atoms. The second-order valence-electron chi connectivity index (χ2n) is 3.09. The number of carbonyl (C=O) groups excluding carboxylic acids is 1. The summed E-state index contributed by atoms with van der Waals surface area (Å²) in [7, 11) is 0. The summed E-state index contributed by atoms with van der Waals surface area (Å²) in [5, 5.41) is 2.82. The largest absolute Gasteiger partial charge is 0.356 e. The maximum atomic E-state index is 10.9. The van der Waals surface area contributed by atoms with Gasteiger partial charge >= 0.3 is 0 Å². The molecule has 1 amide bonds. The fourth-order valence-corrected chi connectivity index (χ4v) is 0.669. The normalized spacial score (nSPS) is 10.2. The summed E-state index contributed by atoms with van der Waals surface area (Å²) in [6.07, 6.45) is 1.34. The van der Waals surface area contributed by atoms with Crippen molar-refractivity contribution in [3.8, 4) is 0 Å². The molecule has 11 heavy (non-hydrogen) atoms. The lowest BCUT2D eigenvalue weighted by Gasteiger charge is -2.06. The quantitative estimate of drug-likeness (QED) is 0.612. The van der Waals surface area contributed by atoms with Crippen LogP contribution in [-0.4, -0.2) is 19.0 Å². The number of hydrogen-bond acceptors (Lipinski definition) is 2. The van der Waals surface area contributed by atoms with Gasteiger partial charge in [0.15, 0.2) is 0 Å². The molecule has 0 aliphatic rings. The minimum Gasteiger partial charge on any atom is -0.356 e. The molecular weight excluding hydrogens is 140 g/mol. The minimum absolute atomic E-state index is 0.115. The molecule has 0 atom stereocenters. The fourth-order valence-electron chi connectivity index (χ4n) is 0.669. The number of carbonyl (C=O) groups is 1. The van der Waals surface area contributed by atoms with E-state index in [4.69, 9.17) is 5.73 Å². The van der Waals surface area contributed by atoms with Crippen molar-refractivity contribution in [3.63, 3.8) is 0 Å². The number of nitrogens with two attached hydrogens (primary N) is 1. The third kappa shape index (κ3) is 7.33. The summed E-state index contributed by atoms with van der Waals surface area (Å²) < 4.78 is 0. The SMILES string of the molecule is CC(C)CNC(=O)CCCN. The summed E-state index contributed by atoms with van der Waals surface area (Å²) in [6.45, 7) is 5.50. The summed E-state index contributed by atoms with van der Waals surface area (Å²) in [5.74, 6) is 0.640. The van der Waals surface area contributed by atoms with Crippen LogP contribution in [0.4, 0.5) is 0 Å². The molecule has 0 rings (SSSR count). The fraction of sp³-hybridized carbons (Fsp3) is 0.875. The predicted molar refractivity (Wildman–Crippen MR) is 46.1 cm³/mol. The van der Waals surface area contributed by atoms with E-state index < -0.39 is 0 Å². The summed E-state index contributed by atoms with van der Waals surface area (Å²) in [6, 6.07) is 0. The first-order valence-electron chi connectivity index (χ1n) is 4.13. The Hall–Kier alpha value is -0.570. The first-order chi connectivity index (χ1) is 5.16. The standard InChI is InChI=1S/C8H18N2O/c1-7(2)6-10-8(11)4-3-5-9/h7H,3-6,9H2,1-2H3,(H,10,11). The van der Waals surface area contributed by atoms with Gasteiger partial charge in [0.25, 0.3) is 0 Å². The number of amides is 1. The number of nitrogens with one attached hydrogen (secondary N) is 1. The van der Waals surface area contributed by atoms with E-state index in [-0.39, 0.29) is 5.91 Å². The van der Waals surface area contributed by atoms with Gasteiger partial charge in [-0.3, -0.25) is 4.79 Å². The van der Waals surface area contributed by atoms with Gasteiger partial charge in [-0.25, -0.2) is 0 Å². The van der Waals surface area contributed by atoms with Crippen LogP contribution >= 0.6 is 0 Å². The highest BCUT2D eigenvalue weighted by Gasteiger charge is 1.99. The van der Waals surface area contributed by atoms with Gasteiger partial charge in [-0.1, -0.05) is 13.8 Å². The van der Waals surface area contributed by atoms with Crippen molar-refractivity contribution in [3.05, 3.63) is 0 Å². The third-order valence-corrected chi connectivity index (χ3v) is 1.32. The van der Waals surface area contributed by atoms with Crippen LogP contribution in [0.1, 0.15) is 26.7 Å². The lowest BCUT2D eigenvalue weighted by Crippen LogP contribution is -2.27. The monoisotopic (exact) mass is 158 g/mol. The first kappa shape index (κ1) is 10.4. The Bertz CT molecular complexity index is 113. The van der Waals surface area contributed by atoms with E-state index >= 15 is 0 Å². The van der Waals surface area contributed by atoms with Gasteiger partial charge < -0.3 is 11.1 Å². The Morgan fingerprint density at radius 3 is 2.64 bits per heavy atom. The van der Waals surface area contributed by atoms with Crippen molar-refractivity contribution in [1.82, 2.24) is 5.32 Å². The van der Waals surface area contributed by atoms with Crippen LogP contribution < -0.4 is 11.1 Å². The molecule has 0 heterocycles. The molecule has 0 bridgehead atoms. The first-order valence-corrected chi connectivity index (χ1v) is 4.13. The molecule has 66 valence electrons. The molecule has 0 unspecified atom stereocenters. The van der Waals surface area contributed by atoms with Crippen molar-refractivity contribution in [2.24, 2.45) is 11.7 Å². The van der Waals surface area contributed by atoms with Crippen molar-refractivity contribution >= 4 is 5.91 Å². The van der Waals surface area contributed by atoms with Gasteiger partial charge in [0.2, 0.25) is 5.91 Å². The van der Waals surface area contributed by atoms with E-state index in [2.05, 4.69) is 19.2 Å². The van der Waals surface area contributed by atoms with E-state index in [1.807, 2.05) is 0 Å². The molecule has 0 saturated heterocycles. The van der Waals surface area contributed by atoms with Gasteiger partial charge in [0, 0.05) is 13.0 Å². The molecular formula is C8H18N2O. The Morgan fingerprint density at radius 1 is 1.55 bits per heavy atom. The predicted octanol–water partition coefficient (Wildman–Crippen LogP) is 0.497. The van der Waals surface area contributed by atoms with Gasteiger partial charge in [-0.05, 0) is 18.9 Å². The van der Waals surface area contributed by atoms with Crippen molar-refractivity contribution in [2.45, 2.75) is 26.7 Å². The highest BCUT2D eigenvalue weighted by atomic mass is 16.1. The van der Waals surface area contributed by atoms with Crippen LogP contribution in [0.25, 0.3) is 0 Å². The van der Waals surface area contributed by atoms with Crippen LogP contribution in [0.5, 0.6) is 0 Å².